The SMILES string of the molecule is Nc1ccc2cc(-c3c([AsH]CCc4ccccc4)cc[nH]c3=O)[nH]c2c1. The van der Waals surface area contributed by atoms with Crippen molar-refractivity contribution in [2.45, 2.75) is 11.6 Å². The predicted octanol–water partition coefficient (Wildman–Crippen LogP) is 2.83. The van der Waals surface area contributed by atoms with Crippen molar-refractivity contribution < 1.29 is 0 Å². The van der Waals surface area contributed by atoms with Crippen molar-refractivity contribution in [3.63, 3.8) is 0 Å². The summed E-state index contributed by atoms with van der Waals surface area (Å²) >= 11 is -0.417. The van der Waals surface area contributed by atoms with Crippen molar-refractivity contribution in [3.05, 3.63) is 82.8 Å². The van der Waals surface area contributed by atoms with Crippen LogP contribution in [0.15, 0.2) is 71.7 Å². The number of fused-ring (bicyclic) bond motifs is 1. The Labute approximate surface area is 158 Å². The molecule has 0 spiro atoms. The van der Waals surface area contributed by atoms with E-state index in [0.29, 0.717) is 5.69 Å². The first-order valence-electron chi connectivity index (χ1n) is 8.59. The number of nitrogens with one attached hydrogen (secondary N) is 2. The number of pyridine rings is 1. The Balaban J connectivity index is 1.64. The van der Waals surface area contributed by atoms with Gasteiger partial charge in [-0.3, -0.25) is 0 Å². The molecule has 1 atom stereocenters. The Morgan fingerprint density at radius 3 is 2.69 bits per heavy atom. The van der Waals surface area contributed by atoms with Crippen molar-refractivity contribution >= 4 is 36.7 Å². The van der Waals surface area contributed by atoms with Crippen LogP contribution in [-0.2, 0) is 6.42 Å². The number of nitrogen functional groups attached to an aromatic ring is 1. The Morgan fingerprint density at radius 2 is 1.85 bits per heavy atom. The zero-order valence-corrected chi connectivity index (χ0v) is 16.3. The van der Waals surface area contributed by atoms with E-state index in [1.165, 1.54) is 9.91 Å². The first-order valence-corrected chi connectivity index (χ1v) is 11.1. The Morgan fingerprint density at radius 1 is 1.00 bits per heavy atom. The Hall–Kier alpha value is -2.71. The third kappa shape index (κ3) is 3.47. The van der Waals surface area contributed by atoms with E-state index in [4.69, 9.17) is 5.73 Å². The minimum absolute atomic E-state index is 0.0366. The third-order valence-electron chi connectivity index (χ3n) is 4.45. The second-order valence-electron chi connectivity index (χ2n) is 6.29. The van der Waals surface area contributed by atoms with E-state index in [9.17, 15) is 4.79 Å². The number of rotatable bonds is 5. The van der Waals surface area contributed by atoms with Crippen molar-refractivity contribution in [3.8, 4) is 11.3 Å². The standard InChI is InChI=1S/C21H20AsN3O/c23-16-7-6-15-12-19(25-18(15)13-16)20-17(9-11-24-21(20)26)22-10-8-14-4-2-1-3-5-14/h1-7,9,11-13,22,25H,8,10,23H2,(H,24,26). The molecule has 0 amide bonds. The molecule has 2 heterocycles. The van der Waals surface area contributed by atoms with Crippen molar-refractivity contribution in [2.24, 2.45) is 0 Å². The third-order valence-corrected chi connectivity index (χ3v) is 7.17. The first kappa shape index (κ1) is 16.7. The van der Waals surface area contributed by atoms with Gasteiger partial charge < -0.3 is 0 Å². The first-order chi connectivity index (χ1) is 12.7. The van der Waals surface area contributed by atoms with Gasteiger partial charge in [0.2, 0.25) is 0 Å². The van der Waals surface area contributed by atoms with E-state index in [-0.39, 0.29) is 5.56 Å². The molecule has 26 heavy (non-hydrogen) atoms. The number of aromatic amines is 2. The van der Waals surface area contributed by atoms with Gasteiger partial charge >= 0.3 is 158 Å². The van der Waals surface area contributed by atoms with E-state index in [1.807, 2.05) is 30.3 Å². The average molecular weight is 405 g/mol. The van der Waals surface area contributed by atoms with Crippen LogP contribution >= 0.6 is 0 Å². The number of anilines is 1. The van der Waals surface area contributed by atoms with Crippen LogP contribution in [0, 0.1) is 0 Å². The van der Waals surface area contributed by atoms with E-state index >= 15 is 0 Å². The quantitative estimate of drug-likeness (QED) is 0.353. The van der Waals surface area contributed by atoms with E-state index in [0.717, 1.165) is 33.8 Å². The number of nitrogens with two attached hydrogens (primary N) is 1. The van der Waals surface area contributed by atoms with Gasteiger partial charge in [-0.15, -0.1) is 0 Å². The molecule has 0 saturated heterocycles. The van der Waals surface area contributed by atoms with Crippen LogP contribution in [0.2, 0.25) is 5.21 Å². The summed E-state index contributed by atoms with van der Waals surface area (Å²) in [5, 5.41) is 2.18. The van der Waals surface area contributed by atoms with Crippen LogP contribution in [0.25, 0.3) is 22.2 Å². The average Bonchev–Trinajstić information content (AvgIpc) is 3.05. The number of aryl methyl sites for hydroxylation is 1. The van der Waals surface area contributed by atoms with E-state index in [1.54, 1.807) is 6.20 Å². The fraction of sp³-hybridized carbons (Fsp3) is 0.0952. The number of benzene rings is 2. The molecule has 0 bridgehead atoms. The van der Waals surface area contributed by atoms with Gasteiger partial charge in [0.1, 0.15) is 0 Å². The second kappa shape index (κ2) is 7.26. The van der Waals surface area contributed by atoms with Crippen LogP contribution < -0.4 is 15.6 Å². The number of hydrogen-bond acceptors (Lipinski definition) is 2. The molecular formula is C21H20AsN3O. The molecule has 4 rings (SSSR count). The van der Waals surface area contributed by atoms with Gasteiger partial charge in [0.05, 0.1) is 0 Å². The summed E-state index contributed by atoms with van der Waals surface area (Å²) in [6, 6.07) is 20.4. The topological polar surface area (TPSA) is 74.7 Å². The molecular weight excluding hydrogens is 385 g/mol. The van der Waals surface area contributed by atoms with E-state index in [2.05, 4.69) is 40.3 Å². The molecule has 1 unspecified atom stereocenters. The van der Waals surface area contributed by atoms with Gasteiger partial charge in [-0.2, -0.15) is 0 Å². The number of aromatic nitrogens is 2. The number of H-pyrrole nitrogens is 2. The van der Waals surface area contributed by atoms with Gasteiger partial charge in [-0.1, -0.05) is 0 Å². The molecule has 4 aromatic rings. The predicted molar refractivity (Wildman–Crippen MR) is 111 cm³/mol. The normalized spacial score (nSPS) is 11.5. The summed E-state index contributed by atoms with van der Waals surface area (Å²) in [4.78, 5) is 18.7. The van der Waals surface area contributed by atoms with Gasteiger partial charge in [0, 0.05) is 0 Å². The molecule has 0 aliphatic heterocycles. The molecule has 0 aliphatic carbocycles. The fourth-order valence-corrected chi connectivity index (χ4v) is 5.91. The van der Waals surface area contributed by atoms with Crippen LogP contribution in [0.1, 0.15) is 5.56 Å². The molecule has 2 aromatic carbocycles. The van der Waals surface area contributed by atoms with Gasteiger partial charge in [0.15, 0.2) is 0 Å². The van der Waals surface area contributed by atoms with Crippen LogP contribution in [0.5, 0.6) is 0 Å². The summed E-state index contributed by atoms with van der Waals surface area (Å²) in [6.45, 7) is 0. The molecule has 130 valence electrons. The molecule has 4 N–H and O–H groups in total. The van der Waals surface area contributed by atoms with Crippen LogP contribution in [0.4, 0.5) is 5.69 Å². The van der Waals surface area contributed by atoms with Gasteiger partial charge in [-0.25, -0.2) is 0 Å². The zero-order valence-electron chi connectivity index (χ0n) is 14.3. The maximum atomic E-state index is 12.5. The summed E-state index contributed by atoms with van der Waals surface area (Å²) < 4.78 is 1.18. The molecule has 4 nitrogen and oxygen atoms in total. The van der Waals surface area contributed by atoms with Gasteiger partial charge in [0.25, 0.3) is 0 Å². The van der Waals surface area contributed by atoms with Gasteiger partial charge in [-0.05, 0) is 0 Å². The van der Waals surface area contributed by atoms with Crippen molar-refractivity contribution in [1.82, 2.24) is 9.97 Å². The maximum absolute atomic E-state index is 12.5. The summed E-state index contributed by atoms with van der Waals surface area (Å²) in [6.07, 6.45) is 2.81. The minimum atomic E-state index is -0.417. The van der Waals surface area contributed by atoms with E-state index < -0.39 is 15.8 Å². The Bertz CT molecular complexity index is 1100. The molecule has 5 heteroatoms. The zero-order chi connectivity index (χ0) is 17.9. The summed E-state index contributed by atoms with van der Waals surface area (Å²) in [5.74, 6) is 0. The monoisotopic (exact) mass is 405 g/mol. The van der Waals surface area contributed by atoms with Crippen LogP contribution in [0.3, 0.4) is 0 Å². The molecule has 2 aromatic heterocycles. The van der Waals surface area contributed by atoms with Crippen molar-refractivity contribution in [2.75, 3.05) is 5.73 Å². The summed E-state index contributed by atoms with van der Waals surface area (Å²) in [5.41, 5.74) is 10.5. The number of hydrogen-bond donors (Lipinski definition) is 3. The molecule has 0 aliphatic rings. The van der Waals surface area contributed by atoms with Crippen LogP contribution in [-0.4, -0.2) is 25.7 Å². The molecule has 0 fully saturated rings. The summed E-state index contributed by atoms with van der Waals surface area (Å²) in [7, 11) is 0. The second-order valence-corrected chi connectivity index (χ2v) is 9.21. The molecule has 0 radical (unpaired) electrons. The fourth-order valence-electron chi connectivity index (χ4n) is 3.16. The molecule has 0 saturated carbocycles. The Kier molecular flexibility index (Phi) is 4.68. The van der Waals surface area contributed by atoms with Crippen molar-refractivity contribution in [1.29, 1.82) is 0 Å².